The first-order valence-electron chi connectivity index (χ1n) is 6.87. The molecule has 0 atom stereocenters. The van der Waals surface area contributed by atoms with E-state index in [9.17, 15) is 14.5 Å². The van der Waals surface area contributed by atoms with Crippen molar-refractivity contribution in [1.82, 2.24) is 4.98 Å². The number of rotatable bonds is 5. The third-order valence-corrected chi connectivity index (χ3v) is 3.09. The Morgan fingerprint density at radius 1 is 1.17 bits per heavy atom. The van der Waals surface area contributed by atoms with E-state index in [1.165, 1.54) is 30.5 Å². The molecular formula is C16H11FN4O3. The zero-order chi connectivity index (χ0) is 16.9. The fourth-order valence-electron chi connectivity index (χ4n) is 1.91. The molecule has 24 heavy (non-hydrogen) atoms. The maximum atomic E-state index is 12.9. The molecule has 1 N–H and O–H groups in total. The van der Waals surface area contributed by atoms with Crippen molar-refractivity contribution in [3.05, 3.63) is 76.4 Å². The summed E-state index contributed by atoms with van der Waals surface area (Å²) < 4.78 is 18.5. The maximum absolute atomic E-state index is 12.9. The number of furan rings is 1. The first kappa shape index (κ1) is 15.3. The van der Waals surface area contributed by atoms with Crippen LogP contribution in [0.5, 0.6) is 0 Å². The third kappa shape index (κ3) is 3.61. The molecule has 0 bridgehead atoms. The van der Waals surface area contributed by atoms with Crippen LogP contribution >= 0.6 is 0 Å². The molecule has 0 radical (unpaired) electrons. The van der Waals surface area contributed by atoms with Gasteiger partial charge in [0.15, 0.2) is 0 Å². The zero-order valence-electron chi connectivity index (χ0n) is 12.2. The van der Waals surface area contributed by atoms with Crippen LogP contribution in [0.2, 0.25) is 0 Å². The lowest BCUT2D eigenvalue weighted by Crippen LogP contribution is -1.94. The van der Waals surface area contributed by atoms with Crippen LogP contribution in [0.3, 0.4) is 0 Å². The molecule has 0 amide bonds. The van der Waals surface area contributed by atoms with Gasteiger partial charge in [0.25, 0.3) is 5.69 Å². The predicted octanol–water partition coefficient (Wildman–Crippen LogP) is 3.83. The molecular weight excluding hydrogens is 315 g/mol. The number of halogens is 1. The van der Waals surface area contributed by atoms with Crippen molar-refractivity contribution in [2.45, 2.75) is 0 Å². The summed E-state index contributed by atoms with van der Waals surface area (Å²) in [4.78, 5) is 13.9. The molecule has 7 nitrogen and oxygen atoms in total. The van der Waals surface area contributed by atoms with Crippen LogP contribution in [0.1, 0.15) is 5.76 Å². The van der Waals surface area contributed by atoms with Gasteiger partial charge in [-0.2, -0.15) is 5.10 Å². The van der Waals surface area contributed by atoms with Crippen LogP contribution < -0.4 is 5.43 Å². The highest BCUT2D eigenvalue weighted by molar-refractivity contribution is 5.78. The Kier molecular flexibility index (Phi) is 4.28. The predicted molar refractivity (Wildman–Crippen MR) is 86.2 cm³/mol. The number of nitrogens with one attached hydrogen (secondary N) is 1. The standard InChI is InChI=1S/C16H11FN4O3/c17-12-3-1-11(2-4-12)15-7-6-14(24-15)10-19-20-16-8-5-13(9-18-16)21(22)23/h1-10H,(H,18,20)/b19-10+. The highest BCUT2D eigenvalue weighted by atomic mass is 19.1. The van der Waals surface area contributed by atoms with E-state index in [-0.39, 0.29) is 11.5 Å². The molecule has 0 saturated carbocycles. The second-order valence-corrected chi connectivity index (χ2v) is 4.74. The fourth-order valence-corrected chi connectivity index (χ4v) is 1.91. The van der Waals surface area contributed by atoms with Crippen LogP contribution in [0.4, 0.5) is 15.9 Å². The maximum Gasteiger partial charge on any atom is 0.287 e. The number of nitrogens with zero attached hydrogens (tertiary/aromatic N) is 3. The van der Waals surface area contributed by atoms with E-state index in [0.29, 0.717) is 17.3 Å². The Morgan fingerprint density at radius 2 is 1.96 bits per heavy atom. The first-order chi connectivity index (χ1) is 11.6. The van der Waals surface area contributed by atoms with Crippen molar-refractivity contribution in [3.63, 3.8) is 0 Å². The third-order valence-electron chi connectivity index (χ3n) is 3.09. The van der Waals surface area contributed by atoms with Gasteiger partial charge in [-0.1, -0.05) is 0 Å². The lowest BCUT2D eigenvalue weighted by molar-refractivity contribution is -0.385. The molecule has 2 aromatic heterocycles. The van der Waals surface area contributed by atoms with Gasteiger partial charge in [0, 0.05) is 11.6 Å². The van der Waals surface area contributed by atoms with Gasteiger partial charge in [0.1, 0.15) is 29.4 Å². The Morgan fingerprint density at radius 3 is 2.62 bits per heavy atom. The monoisotopic (exact) mass is 326 g/mol. The van der Waals surface area contributed by atoms with Crippen molar-refractivity contribution in [2.75, 3.05) is 5.43 Å². The van der Waals surface area contributed by atoms with E-state index in [1.54, 1.807) is 24.3 Å². The number of hydrogen-bond donors (Lipinski definition) is 1. The molecule has 2 heterocycles. The van der Waals surface area contributed by atoms with Gasteiger partial charge < -0.3 is 4.42 Å². The number of anilines is 1. The number of pyridine rings is 1. The molecule has 3 aromatic rings. The Hall–Kier alpha value is -3.55. The smallest absolute Gasteiger partial charge is 0.287 e. The molecule has 0 spiro atoms. The van der Waals surface area contributed by atoms with E-state index < -0.39 is 4.92 Å². The van der Waals surface area contributed by atoms with Crippen molar-refractivity contribution in [1.29, 1.82) is 0 Å². The van der Waals surface area contributed by atoms with Crippen LogP contribution in [0.15, 0.2) is 64.2 Å². The Bertz CT molecular complexity index is 873. The normalized spacial score (nSPS) is 10.9. The summed E-state index contributed by atoms with van der Waals surface area (Å²) in [6.45, 7) is 0. The quantitative estimate of drug-likeness (QED) is 0.437. The number of benzene rings is 1. The number of hydrogen-bond acceptors (Lipinski definition) is 6. The fraction of sp³-hybridized carbons (Fsp3) is 0. The summed E-state index contributed by atoms with van der Waals surface area (Å²) in [5.74, 6) is 1.13. The topological polar surface area (TPSA) is 93.6 Å². The molecule has 120 valence electrons. The number of nitro groups is 1. The second-order valence-electron chi connectivity index (χ2n) is 4.74. The summed E-state index contributed by atoms with van der Waals surface area (Å²) in [6.07, 6.45) is 2.58. The van der Waals surface area contributed by atoms with E-state index in [2.05, 4.69) is 15.5 Å². The molecule has 0 unspecified atom stereocenters. The van der Waals surface area contributed by atoms with Crippen LogP contribution in [-0.2, 0) is 0 Å². The number of hydrazone groups is 1. The average molecular weight is 326 g/mol. The summed E-state index contributed by atoms with van der Waals surface area (Å²) >= 11 is 0. The Labute approximate surface area is 135 Å². The van der Waals surface area contributed by atoms with Gasteiger partial charge >= 0.3 is 0 Å². The van der Waals surface area contributed by atoms with Crippen molar-refractivity contribution < 1.29 is 13.7 Å². The molecule has 1 aromatic carbocycles. The zero-order valence-corrected chi connectivity index (χ0v) is 12.2. The minimum atomic E-state index is -0.528. The van der Waals surface area contributed by atoms with Crippen LogP contribution in [0.25, 0.3) is 11.3 Å². The molecule has 0 saturated heterocycles. The van der Waals surface area contributed by atoms with Gasteiger partial charge in [-0.3, -0.25) is 15.5 Å². The highest BCUT2D eigenvalue weighted by Crippen LogP contribution is 2.21. The summed E-state index contributed by atoms with van der Waals surface area (Å²) in [5, 5.41) is 14.5. The van der Waals surface area contributed by atoms with E-state index >= 15 is 0 Å². The average Bonchev–Trinajstić information content (AvgIpc) is 3.05. The second kappa shape index (κ2) is 6.69. The van der Waals surface area contributed by atoms with Gasteiger partial charge in [-0.15, -0.1) is 0 Å². The lowest BCUT2D eigenvalue weighted by atomic mass is 10.2. The molecule has 0 aliphatic rings. The minimum absolute atomic E-state index is 0.0977. The lowest BCUT2D eigenvalue weighted by Gasteiger charge is -1.98. The van der Waals surface area contributed by atoms with Crippen molar-refractivity contribution in [3.8, 4) is 11.3 Å². The largest absolute Gasteiger partial charge is 0.455 e. The summed E-state index contributed by atoms with van der Waals surface area (Å²) in [6, 6.07) is 12.2. The number of aromatic nitrogens is 1. The van der Waals surface area contributed by atoms with Crippen molar-refractivity contribution in [2.24, 2.45) is 5.10 Å². The van der Waals surface area contributed by atoms with Crippen LogP contribution in [0, 0.1) is 15.9 Å². The van der Waals surface area contributed by atoms with Crippen LogP contribution in [-0.4, -0.2) is 16.1 Å². The van der Waals surface area contributed by atoms with Gasteiger partial charge in [0.2, 0.25) is 0 Å². The van der Waals surface area contributed by atoms with Gasteiger partial charge in [-0.25, -0.2) is 9.37 Å². The minimum Gasteiger partial charge on any atom is -0.455 e. The molecule has 0 aliphatic heterocycles. The molecule has 0 aliphatic carbocycles. The van der Waals surface area contributed by atoms with Crippen molar-refractivity contribution >= 4 is 17.7 Å². The molecule has 8 heteroatoms. The highest BCUT2D eigenvalue weighted by Gasteiger charge is 2.05. The van der Waals surface area contributed by atoms with E-state index in [1.807, 2.05) is 0 Å². The molecule has 0 fully saturated rings. The van der Waals surface area contributed by atoms with Gasteiger partial charge in [-0.05, 0) is 42.5 Å². The van der Waals surface area contributed by atoms with E-state index in [4.69, 9.17) is 4.42 Å². The SMILES string of the molecule is O=[N+]([O-])c1ccc(N/N=C/c2ccc(-c3ccc(F)cc3)o2)nc1. The summed E-state index contributed by atoms with van der Waals surface area (Å²) in [7, 11) is 0. The van der Waals surface area contributed by atoms with E-state index in [0.717, 1.165) is 11.8 Å². The van der Waals surface area contributed by atoms with Gasteiger partial charge in [0.05, 0.1) is 11.1 Å². The molecule has 3 rings (SSSR count). The first-order valence-corrected chi connectivity index (χ1v) is 6.87. The Balaban J connectivity index is 1.65. The summed E-state index contributed by atoms with van der Waals surface area (Å²) in [5.41, 5.74) is 3.30.